The molecule has 62 heavy (non-hydrogen) atoms. The summed E-state index contributed by atoms with van der Waals surface area (Å²) in [5.41, 5.74) is 14.4. The van der Waals surface area contributed by atoms with Crippen LogP contribution in [0.4, 0.5) is 0 Å². The third-order valence-electron chi connectivity index (χ3n) is 11.9. The molecule has 3 heterocycles. The van der Waals surface area contributed by atoms with E-state index in [4.69, 9.17) is 19.4 Å². The van der Waals surface area contributed by atoms with E-state index >= 15 is 0 Å². The van der Waals surface area contributed by atoms with Gasteiger partial charge in [0.25, 0.3) is 0 Å². The molecule has 5 nitrogen and oxygen atoms in total. The largest absolute Gasteiger partial charge is 0.454 e. The van der Waals surface area contributed by atoms with E-state index in [1.165, 1.54) is 5.39 Å². The molecular weight excluding hydrogens is 757 g/mol. The van der Waals surface area contributed by atoms with Crippen molar-refractivity contribution in [3.63, 3.8) is 0 Å². The average molecular weight is 793 g/mol. The molecule has 0 aliphatic carbocycles. The zero-order valence-electron chi connectivity index (χ0n) is 33.5. The Morgan fingerprint density at radius 1 is 0.339 bits per heavy atom. The molecule has 290 valence electrons. The molecule has 0 aliphatic heterocycles. The number of rotatable bonds is 7. The lowest BCUT2D eigenvalue weighted by atomic mass is 9.98. The average Bonchev–Trinajstić information content (AvgIpc) is 3.91. The van der Waals surface area contributed by atoms with E-state index in [0.717, 1.165) is 94.1 Å². The maximum atomic E-state index is 6.85. The quantitative estimate of drug-likeness (QED) is 0.161. The zero-order valence-corrected chi connectivity index (χ0v) is 33.5. The smallest absolute Gasteiger partial charge is 0.164 e. The van der Waals surface area contributed by atoms with Crippen molar-refractivity contribution in [2.24, 2.45) is 0 Å². The molecule has 0 saturated heterocycles. The van der Waals surface area contributed by atoms with Crippen molar-refractivity contribution in [3.8, 4) is 73.2 Å². The summed E-state index contributed by atoms with van der Waals surface area (Å²) in [6.45, 7) is 0. The Bertz CT molecular complexity index is 3510. The highest BCUT2D eigenvalue weighted by Gasteiger charge is 2.21. The number of hydrogen-bond donors (Lipinski definition) is 0. The highest BCUT2D eigenvalue weighted by atomic mass is 16.3. The fraction of sp³-hybridized carbons (Fsp3) is 0. The van der Waals surface area contributed by atoms with Gasteiger partial charge in [-0.3, -0.25) is 0 Å². The number of para-hydroxylation sites is 2. The summed E-state index contributed by atoms with van der Waals surface area (Å²) in [6.07, 6.45) is 0. The molecule has 9 aromatic carbocycles. The molecule has 0 saturated carbocycles. The molecule has 0 bridgehead atoms. The number of benzene rings is 9. The topological polar surface area (TPSA) is 56.7 Å². The van der Waals surface area contributed by atoms with Crippen LogP contribution in [0, 0.1) is 0 Å². The van der Waals surface area contributed by atoms with E-state index in [1.807, 2.05) is 12.1 Å². The Labute approximate surface area is 357 Å². The second-order valence-corrected chi connectivity index (χ2v) is 15.6. The molecular formula is C57H36N4O. The Kier molecular flexibility index (Phi) is 8.42. The van der Waals surface area contributed by atoms with Crippen molar-refractivity contribution in [2.75, 3.05) is 0 Å². The van der Waals surface area contributed by atoms with Gasteiger partial charge in [0, 0.05) is 43.9 Å². The molecule has 12 aromatic rings. The lowest BCUT2D eigenvalue weighted by Crippen LogP contribution is -2.00. The van der Waals surface area contributed by atoms with Crippen LogP contribution in [0.3, 0.4) is 0 Å². The Hall–Kier alpha value is -8.41. The van der Waals surface area contributed by atoms with Crippen molar-refractivity contribution >= 4 is 43.7 Å². The van der Waals surface area contributed by atoms with Gasteiger partial charge in [-0.15, -0.1) is 0 Å². The van der Waals surface area contributed by atoms with Crippen LogP contribution < -0.4 is 0 Å². The van der Waals surface area contributed by atoms with Crippen LogP contribution >= 0.6 is 0 Å². The van der Waals surface area contributed by atoms with Gasteiger partial charge >= 0.3 is 0 Å². The standard InChI is InChI=1S/C57H36N4O/c1-4-15-37(16-5-1)41-19-12-21-43(35-41)56-58-55(59-57(60-56)44-22-13-20-42(36-44)38-17-6-2-7-18-38)40-31-29-39(30-32-40)46-26-14-28-51-52(46)49-34-33-48-47-25-10-11-27-50(47)61(53(48)54(49)62-51)45-23-8-3-9-24-45/h1-36H. The van der Waals surface area contributed by atoms with E-state index in [2.05, 4.69) is 211 Å². The fourth-order valence-electron chi connectivity index (χ4n) is 8.92. The van der Waals surface area contributed by atoms with Crippen LogP contribution in [0.15, 0.2) is 223 Å². The van der Waals surface area contributed by atoms with Crippen molar-refractivity contribution < 1.29 is 4.42 Å². The minimum atomic E-state index is 0.606. The van der Waals surface area contributed by atoms with E-state index in [-0.39, 0.29) is 0 Å². The van der Waals surface area contributed by atoms with Crippen LogP contribution in [0.1, 0.15) is 0 Å². The van der Waals surface area contributed by atoms with E-state index in [1.54, 1.807) is 0 Å². The molecule has 0 unspecified atom stereocenters. The molecule has 0 atom stereocenters. The van der Waals surface area contributed by atoms with Crippen LogP contribution in [0.5, 0.6) is 0 Å². The van der Waals surface area contributed by atoms with Crippen LogP contribution in [-0.4, -0.2) is 19.5 Å². The van der Waals surface area contributed by atoms with Crippen molar-refractivity contribution in [3.05, 3.63) is 218 Å². The van der Waals surface area contributed by atoms with Crippen LogP contribution in [0.2, 0.25) is 0 Å². The van der Waals surface area contributed by atoms with Gasteiger partial charge < -0.3 is 8.98 Å². The van der Waals surface area contributed by atoms with E-state index in [9.17, 15) is 0 Å². The van der Waals surface area contributed by atoms with Crippen molar-refractivity contribution in [2.45, 2.75) is 0 Å². The van der Waals surface area contributed by atoms with Crippen LogP contribution in [0.25, 0.3) is 117 Å². The predicted molar refractivity (Wildman–Crippen MR) is 254 cm³/mol. The van der Waals surface area contributed by atoms with Crippen LogP contribution in [-0.2, 0) is 0 Å². The molecule has 5 heteroatoms. The SMILES string of the molecule is c1ccc(-c2cccc(-c3nc(-c4ccc(-c5cccc6oc7c(ccc8c9ccccc9n(-c9ccccc9)c87)c56)cc4)nc(-c4cccc(-c5ccccc5)c4)n3)c2)cc1. The summed E-state index contributed by atoms with van der Waals surface area (Å²) < 4.78 is 9.18. The summed E-state index contributed by atoms with van der Waals surface area (Å²) in [5, 5.41) is 4.52. The third kappa shape index (κ3) is 6.06. The highest BCUT2D eigenvalue weighted by molar-refractivity contribution is 6.23. The second-order valence-electron chi connectivity index (χ2n) is 15.6. The first kappa shape index (κ1) is 35.5. The monoisotopic (exact) mass is 792 g/mol. The number of nitrogens with zero attached hydrogens (tertiary/aromatic N) is 4. The number of furan rings is 1. The lowest BCUT2D eigenvalue weighted by molar-refractivity contribution is 0.671. The molecule has 0 spiro atoms. The first-order valence-corrected chi connectivity index (χ1v) is 20.8. The normalized spacial score (nSPS) is 11.5. The molecule has 0 amide bonds. The fourth-order valence-corrected chi connectivity index (χ4v) is 8.92. The maximum absolute atomic E-state index is 6.85. The van der Waals surface area contributed by atoms with Crippen molar-refractivity contribution in [1.29, 1.82) is 0 Å². The molecule has 0 fully saturated rings. The maximum Gasteiger partial charge on any atom is 0.164 e. The summed E-state index contributed by atoms with van der Waals surface area (Å²) in [7, 11) is 0. The number of fused-ring (bicyclic) bond motifs is 7. The number of hydrogen-bond acceptors (Lipinski definition) is 4. The lowest BCUT2D eigenvalue weighted by Gasteiger charge is -2.11. The van der Waals surface area contributed by atoms with Gasteiger partial charge in [0.15, 0.2) is 23.1 Å². The summed E-state index contributed by atoms with van der Waals surface area (Å²) in [4.78, 5) is 15.4. The van der Waals surface area contributed by atoms with Gasteiger partial charge in [-0.05, 0) is 75.8 Å². The third-order valence-corrected chi connectivity index (χ3v) is 11.9. The summed E-state index contributed by atoms with van der Waals surface area (Å²) in [6, 6.07) is 76.1. The summed E-state index contributed by atoms with van der Waals surface area (Å²) in [5.74, 6) is 1.84. The van der Waals surface area contributed by atoms with Crippen molar-refractivity contribution in [1.82, 2.24) is 19.5 Å². The molecule has 0 radical (unpaired) electrons. The predicted octanol–water partition coefficient (Wildman–Crippen LogP) is 14.9. The van der Waals surface area contributed by atoms with E-state index in [0.29, 0.717) is 17.5 Å². The molecule has 0 aliphatic rings. The molecule has 12 rings (SSSR count). The second kappa shape index (κ2) is 14.7. The summed E-state index contributed by atoms with van der Waals surface area (Å²) >= 11 is 0. The van der Waals surface area contributed by atoms with Gasteiger partial charge in [0.2, 0.25) is 0 Å². The minimum absolute atomic E-state index is 0.606. The van der Waals surface area contributed by atoms with Gasteiger partial charge in [-0.2, -0.15) is 0 Å². The number of aromatic nitrogens is 4. The minimum Gasteiger partial charge on any atom is -0.454 e. The highest BCUT2D eigenvalue weighted by Crippen LogP contribution is 2.43. The molecule has 3 aromatic heterocycles. The first-order valence-electron chi connectivity index (χ1n) is 20.8. The van der Waals surface area contributed by atoms with Gasteiger partial charge in [-0.1, -0.05) is 176 Å². The Morgan fingerprint density at radius 2 is 0.839 bits per heavy atom. The van der Waals surface area contributed by atoms with Gasteiger partial charge in [0.1, 0.15) is 5.58 Å². The molecule has 0 N–H and O–H groups in total. The van der Waals surface area contributed by atoms with Gasteiger partial charge in [-0.25, -0.2) is 15.0 Å². The van der Waals surface area contributed by atoms with Gasteiger partial charge in [0.05, 0.1) is 11.0 Å². The van der Waals surface area contributed by atoms with E-state index < -0.39 is 0 Å². The zero-order chi connectivity index (χ0) is 41.0. The Morgan fingerprint density at radius 3 is 1.48 bits per heavy atom. The Balaban J connectivity index is 0.988. The first-order chi connectivity index (χ1) is 30.7.